The molecular formula is C19H18N4O. The summed E-state index contributed by atoms with van der Waals surface area (Å²) < 4.78 is 0. The molecule has 2 heterocycles. The van der Waals surface area contributed by atoms with Crippen molar-refractivity contribution in [2.24, 2.45) is 0 Å². The van der Waals surface area contributed by atoms with E-state index in [0.717, 1.165) is 16.9 Å². The highest BCUT2D eigenvalue weighted by atomic mass is 16.1. The number of rotatable bonds is 4. The quantitative estimate of drug-likeness (QED) is 0.749. The third-order valence-electron chi connectivity index (χ3n) is 3.72. The topological polar surface area (TPSA) is 72.1 Å². The fraction of sp³-hybridized carbons (Fsp3) is 0.105. The van der Waals surface area contributed by atoms with Crippen LogP contribution in [0.15, 0.2) is 60.8 Å². The highest BCUT2D eigenvalue weighted by Crippen LogP contribution is 2.23. The minimum absolute atomic E-state index is 0.212. The minimum atomic E-state index is -0.230. The van der Waals surface area contributed by atoms with Gasteiger partial charge in [0.15, 0.2) is 0 Å². The normalized spacial score (nSPS) is 10.4. The standard InChI is InChI=1S/C19H18N4O/c1-23(2)14-7-3-6-13(12-14)16-9-4-10-17(22-16)18(24)15-8-5-11-21-19(15)20/h3-12H,1-2H3,(H2,20,21). The molecule has 2 aromatic heterocycles. The van der Waals surface area contributed by atoms with Crippen LogP contribution in [-0.2, 0) is 0 Å². The van der Waals surface area contributed by atoms with E-state index < -0.39 is 0 Å². The molecule has 0 aliphatic heterocycles. The summed E-state index contributed by atoms with van der Waals surface area (Å²) in [6, 6.07) is 16.8. The van der Waals surface area contributed by atoms with Crippen LogP contribution in [0.5, 0.6) is 0 Å². The number of ketones is 1. The first kappa shape index (κ1) is 15.7. The first-order valence-electron chi connectivity index (χ1n) is 7.56. The van der Waals surface area contributed by atoms with Crippen molar-refractivity contribution in [3.8, 4) is 11.3 Å². The van der Waals surface area contributed by atoms with Gasteiger partial charge in [-0.15, -0.1) is 0 Å². The van der Waals surface area contributed by atoms with Crippen LogP contribution in [0.1, 0.15) is 16.1 Å². The predicted molar refractivity (Wildman–Crippen MR) is 96.1 cm³/mol. The zero-order valence-electron chi connectivity index (χ0n) is 13.6. The molecule has 3 aromatic rings. The summed E-state index contributed by atoms with van der Waals surface area (Å²) in [5.74, 6) is -0.0180. The monoisotopic (exact) mass is 318 g/mol. The van der Waals surface area contributed by atoms with Gasteiger partial charge in [0.25, 0.3) is 0 Å². The second-order valence-electron chi connectivity index (χ2n) is 5.62. The molecule has 0 saturated carbocycles. The zero-order chi connectivity index (χ0) is 17.1. The Hall–Kier alpha value is -3.21. The van der Waals surface area contributed by atoms with Crippen LogP contribution in [0.2, 0.25) is 0 Å². The summed E-state index contributed by atoms with van der Waals surface area (Å²) in [7, 11) is 3.97. The maximum Gasteiger partial charge on any atom is 0.215 e. The van der Waals surface area contributed by atoms with E-state index in [4.69, 9.17) is 5.73 Å². The van der Waals surface area contributed by atoms with Gasteiger partial charge in [-0.1, -0.05) is 18.2 Å². The molecule has 24 heavy (non-hydrogen) atoms. The molecule has 5 nitrogen and oxygen atoms in total. The molecule has 0 unspecified atom stereocenters. The van der Waals surface area contributed by atoms with Crippen molar-refractivity contribution in [1.82, 2.24) is 9.97 Å². The van der Waals surface area contributed by atoms with Gasteiger partial charge in [0.1, 0.15) is 11.5 Å². The smallest absolute Gasteiger partial charge is 0.215 e. The van der Waals surface area contributed by atoms with Gasteiger partial charge in [-0.25, -0.2) is 9.97 Å². The van der Waals surface area contributed by atoms with Gasteiger partial charge in [0.05, 0.1) is 11.3 Å². The minimum Gasteiger partial charge on any atom is -0.383 e. The summed E-state index contributed by atoms with van der Waals surface area (Å²) in [5, 5.41) is 0. The molecule has 0 atom stereocenters. The van der Waals surface area contributed by atoms with Crippen molar-refractivity contribution < 1.29 is 4.79 Å². The van der Waals surface area contributed by atoms with E-state index in [0.29, 0.717) is 11.3 Å². The molecule has 0 aliphatic carbocycles. The molecule has 3 rings (SSSR count). The average molecular weight is 318 g/mol. The third kappa shape index (κ3) is 3.10. The molecule has 0 saturated heterocycles. The van der Waals surface area contributed by atoms with Crippen molar-refractivity contribution in [3.05, 3.63) is 72.1 Å². The Balaban J connectivity index is 1.99. The van der Waals surface area contributed by atoms with E-state index in [9.17, 15) is 4.79 Å². The van der Waals surface area contributed by atoms with Crippen molar-refractivity contribution in [2.75, 3.05) is 24.7 Å². The van der Waals surface area contributed by atoms with Crippen LogP contribution in [0.3, 0.4) is 0 Å². The first-order chi connectivity index (χ1) is 11.6. The number of benzene rings is 1. The van der Waals surface area contributed by atoms with Crippen LogP contribution in [0.25, 0.3) is 11.3 Å². The van der Waals surface area contributed by atoms with Crippen molar-refractivity contribution in [3.63, 3.8) is 0 Å². The third-order valence-corrected chi connectivity index (χ3v) is 3.72. The Morgan fingerprint density at radius 1 is 1.04 bits per heavy atom. The lowest BCUT2D eigenvalue weighted by molar-refractivity contribution is 0.103. The van der Waals surface area contributed by atoms with Gasteiger partial charge < -0.3 is 10.6 Å². The predicted octanol–water partition coefficient (Wildman–Crippen LogP) is 3.02. The lowest BCUT2D eigenvalue weighted by atomic mass is 10.1. The van der Waals surface area contributed by atoms with Gasteiger partial charge in [-0.3, -0.25) is 4.79 Å². The van der Waals surface area contributed by atoms with Gasteiger partial charge >= 0.3 is 0 Å². The number of carbonyl (C=O) groups excluding carboxylic acids is 1. The van der Waals surface area contributed by atoms with Crippen LogP contribution in [0, 0.1) is 0 Å². The molecule has 0 bridgehead atoms. The van der Waals surface area contributed by atoms with Crippen molar-refractivity contribution in [2.45, 2.75) is 0 Å². The summed E-state index contributed by atoms with van der Waals surface area (Å²) in [5.41, 5.74) is 9.28. The van der Waals surface area contributed by atoms with Crippen LogP contribution < -0.4 is 10.6 Å². The zero-order valence-corrected chi connectivity index (χ0v) is 13.6. The van der Waals surface area contributed by atoms with Crippen molar-refractivity contribution in [1.29, 1.82) is 0 Å². The molecule has 0 fully saturated rings. The van der Waals surface area contributed by atoms with Gasteiger partial charge in [-0.2, -0.15) is 0 Å². The maximum absolute atomic E-state index is 12.6. The molecule has 0 aliphatic rings. The van der Waals surface area contributed by atoms with E-state index in [1.54, 1.807) is 24.4 Å². The number of anilines is 2. The van der Waals surface area contributed by atoms with E-state index >= 15 is 0 Å². The average Bonchev–Trinajstić information content (AvgIpc) is 2.62. The summed E-state index contributed by atoms with van der Waals surface area (Å²) in [6.45, 7) is 0. The Kier molecular flexibility index (Phi) is 4.24. The molecule has 5 heteroatoms. The molecule has 0 spiro atoms. The Morgan fingerprint density at radius 3 is 2.58 bits per heavy atom. The molecular weight excluding hydrogens is 300 g/mol. The molecule has 1 aromatic carbocycles. The van der Waals surface area contributed by atoms with E-state index in [2.05, 4.69) is 9.97 Å². The van der Waals surface area contributed by atoms with Crippen LogP contribution >= 0.6 is 0 Å². The van der Waals surface area contributed by atoms with Crippen molar-refractivity contribution >= 4 is 17.3 Å². The van der Waals surface area contributed by atoms with E-state index in [1.165, 1.54) is 0 Å². The second-order valence-corrected chi connectivity index (χ2v) is 5.62. The molecule has 0 amide bonds. The number of aromatic nitrogens is 2. The fourth-order valence-electron chi connectivity index (χ4n) is 2.41. The number of nitrogens with zero attached hydrogens (tertiary/aromatic N) is 3. The van der Waals surface area contributed by atoms with Gasteiger partial charge in [0, 0.05) is 31.5 Å². The van der Waals surface area contributed by atoms with Crippen LogP contribution in [-0.4, -0.2) is 29.8 Å². The Morgan fingerprint density at radius 2 is 1.83 bits per heavy atom. The largest absolute Gasteiger partial charge is 0.383 e. The lowest BCUT2D eigenvalue weighted by Crippen LogP contribution is -2.09. The fourth-order valence-corrected chi connectivity index (χ4v) is 2.41. The lowest BCUT2D eigenvalue weighted by Gasteiger charge is -2.13. The number of hydrogen-bond donors (Lipinski definition) is 1. The second kappa shape index (κ2) is 6.50. The highest BCUT2D eigenvalue weighted by Gasteiger charge is 2.15. The Labute approximate surface area is 140 Å². The van der Waals surface area contributed by atoms with Gasteiger partial charge in [0.2, 0.25) is 5.78 Å². The Bertz CT molecular complexity index is 890. The summed E-state index contributed by atoms with van der Waals surface area (Å²) >= 11 is 0. The molecule has 0 radical (unpaired) electrons. The maximum atomic E-state index is 12.6. The first-order valence-corrected chi connectivity index (χ1v) is 7.56. The van der Waals surface area contributed by atoms with E-state index in [-0.39, 0.29) is 11.6 Å². The number of pyridine rings is 2. The SMILES string of the molecule is CN(C)c1cccc(-c2cccc(C(=O)c3cccnc3N)n2)c1. The van der Waals surface area contributed by atoms with E-state index in [1.807, 2.05) is 55.4 Å². The number of carbonyl (C=O) groups is 1. The number of hydrogen-bond acceptors (Lipinski definition) is 5. The molecule has 2 N–H and O–H groups in total. The highest BCUT2D eigenvalue weighted by molar-refractivity contribution is 6.10. The summed E-state index contributed by atoms with van der Waals surface area (Å²) in [6.07, 6.45) is 1.56. The number of nitrogens with two attached hydrogens (primary N) is 1. The van der Waals surface area contributed by atoms with Gasteiger partial charge in [-0.05, 0) is 36.4 Å². The number of nitrogen functional groups attached to an aromatic ring is 1. The summed E-state index contributed by atoms with van der Waals surface area (Å²) in [4.78, 5) is 23.1. The van der Waals surface area contributed by atoms with Crippen LogP contribution in [0.4, 0.5) is 11.5 Å². The molecule has 120 valence electrons.